The number of nitrogens with zero attached hydrogens (tertiary/aromatic N) is 1. The number of esters is 1. The lowest BCUT2D eigenvalue weighted by Crippen LogP contribution is -2.30. The van der Waals surface area contributed by atoms with Crippen LogP contribution in [0.2, 0.25) is 0 Å². The Morgan fingerprint density at radius 2 is 2.08 bits per heavy atom. The van der Waals surface area contributed by atoms with Crippen molar-refractivity contribution in [2.24, 2.45) is 0 Å². The van der Waals surface area contributed by atoms with Crippen LogP contribution in [0.1, 0.15) is 5.56 Å². The topological polar surface area (TPSA) is 94.2 Å². The summed E-state index contributed by atoms with van der Waals surface area (Å²) in [6.45, 7) is 3.36. The summed E-state index contributed by atoms with van der Waals surface area (Å²) in [6.07, 6.45) is 2.98. The van der Waals surface area contributed by atoms with Crippen molar-refractivity contribution in [3.63, 3.8) is 0 Å². The third kappa shape index (κ3) is 4.23. The maximum Gasteiger partial charge on any atom is 0.343 e. The number of urea groups is 1. The van der Waals surface area contributed by atoms with Crippen molar-refractivity contribution in [3.05, 3.63) is 40.5 Å². The fourth-order valence-corrected chi connectivity index (χ4v) is 2.76. The second kappa shape index (κ2) is 8.52. The molecule has 0 atom stereocenters. The van der Waals surface area contributed by atoms with E-state index in [1.807, 2.05) is 0 Å². The number of carbonyl (C=O) groups excluding carboxylic acids is 3. The molecule has 1 aromatic rings. The average Bonchev–Trinajstić information content (AvgIpc) is 2.87. The molecule has 1 fully saturated rings. The zero-order valence-electron chi connectivity index (χ0n) is 14.2. The van der Waals surface area contributed by atoms with E-state index in [1.165, 1.54) is 26.4 Å². The fourth-order valence-electron chi connectivity index (χ4n) is 2.19. The summed E-state index contributed by atoms with van der Waals surface area (Å²) in [5, 5.41) is 2.51. The van der Waals surface area contributed by atoms with Crippen molar-refractivity contribution in [2.75, 3.05) is 27.4 Å². The van der Waals surface area contributed by atoms with Crippen molar-refractivity contribution in [1.29, 1.82) is 0 Å². The van der Waals surface area contributed by atoms with Crippen LogP contribution in [0.25, 0.3) is 6.08 Å². The number of nitrogens with one attached hydrogen (secondary N) is 1. The summed E-state index contributed by atoms with van der Waals surface area (Å²) in [5.74, 6) is -0.326. The molecule has 1 aliphatic rings. The highest BCUT2D eigenvalue weighted by molar-refractivity contribution is 9.10. The Balaban J connectivity index is 2.30. The molecular formula is C17H17BrN2O6. The van der Waals surface area contributed by atoms with Gasteiger partial charge in [-0.2, -0.15) is 0 Å². The van der Waals surface area contributed by atoms with Crippen molar-refractivity contribution < 1.29 is 28.6 Å². The van der Waals surface area contributed by atoms with Gasteiger partial charge in [-0.25, -0.2) is 9.59 Å². The Kier molecular flexibility index (Phi) is 6.40. The highest BCUT2D eigenvalue weighted by Crippen LogP contribution is 2.37. The molecule has 1 aromatic carbocycles. The van der Waals surface area contributed by atoms with E-state index in [0.717, 1.165) is 4.90 Å². The van der Waals surface area contributed by atoms with Gasteiger partial charge in [0.25, 0.3) is 5.91 Å². The minimum Gasteiger partial charge on any atom is -0.493 e. The van der Waals surface area contributed by atoms with E-state index in [9.17, 15) is 14.4 Å². The molecule has 0 radical (unpaired) electrons. The highest BCUT2D eigenvalue weighted by Gasteiger charge is 2.32. The minimum atomic E-state index is -0.535. The molecule has 0 spiro atoms. The Labute approximate surface area is 158 Å². The summed E-state index contributed by atoms with van der Waals surface area (Å²) in [6, 6.07) is 2.77. The van der Waals surface area contributed by atoms with Gasteiger partial charge in [0.15, 0.2) is 18.1 Å². The van der Waals surface area contributed by atoms with Gasteiger partial charge in [0.05, 0.1) is 18.7 Å². The Morgan fingerprint density at radius 3 is 2.69 bits per heavy atom. The summed E-state index contributed by atoms with van der Waals surface area (Å²) in [5.41, 5.74) is 0.720. The molecule has 0 bridgehead atoms. The first-order chi connectivity index (χ1) is 12.4. The lowest BCUT2D eigenvalue weighted by atomic mass is 10.1. The van der Waals surface area contributed by atoms with Gasteiger partial charge >= 0.3 is 12.0 Å². The Bertz CT molecular complexity index is 790. The minimum absolute atomic E-state index is 0.120. The molecule has 26 heavy (non-hydrogen) atoms. The number of methoxy groups -OCH3 is 2. The number of benzene rings is 1. The van der Waals surface area contributed by atoms with Crippen LogP contribution >= 0.6 is 15.9 Å². The van der Waals surface area contributed by atoms with E-state index >= 15 is 0 Å². The molecule has 8 nitrogen and oxygen atoms in total. The van der Waals surface area contributed by atoms with Crippen LogP contribution in [0.4, 0.5) is 4.79 Å². The standard InChI is InChI=1S/C17H17BrN2O6/c1-4-5-20-16(22)12(19-17(20)23)7-10-6-11(18)15(13(8-10)24-2)26-9-14(21)25-3/h4,6-8H,1,5,9H2,2-3H3,(H,19,23)/b12-7+. The number of imide groups is 1. The summed E-state index contributed by atoms with van der Waals surface area (Å²) in [7, 11) is 2.70. The molecule has 0 unspecified atom stereocenters. The van der Waals surface area contributed by atoms with E-state index in [-0.39, 0.29) is 18.8 Å². The maximum atomic E-state index is 12.2. The van der Waals surface area contributed by atoms with E-state index in [0.29, 0.717) is 21.5 Å². The number of amides is 3. The van der Waals surface area contributed by atoms with Gasteiger partial charge in [-0.3, -0.25) is 9.69 Å². The van der Waals surface area contributed by atoms with Crippen LogP contribution in [0.5, 0.6) is 11.5 Å². The van der Waals surface area contributed by atoms with E-state index in [1.54, 1.807) is 12.1 Å². The van der Waals surface area contributed by atoms with Gasteiger partial charge in [0.2, 0.25) is 0 Å². The largest absolute Gasteiger partial charge is 0.493 e. The molecule has 3 amide bonds. The molecule has 0 aliphatic carbocycles. The SMILES string of the molecule is C=CCN1C(=O)N/C(=C/c2cc(Br)c(OCC(=O)OC)c(OC)c2)C1=O. The smallest absolute Gasteiger partial charge is 0.343 e. The molecule has 9 heteroatoms. The number of rotatable bonds is 7. The molecule has 0 aromatic heterocycles. The number of hydrogen-bond acceptors (Lipinski definition) is 6. The second-order valence-electron chi connectivity index (χ2n) is 5.09. The first-order valence-corrected chi connectivity index (χ1v) is 8.23. The van der Waals surface area contributed by atoms with Gasteiger partial charge in [-0.15, -0.1) is 6.58 Å². The van der Waals surface area contributed by atoms with Gasteiger partial charge < -0.3 is 19.5 Å². The third-order valence-corrected chi connectivity index (χ3v) is 3.99. The molecule has 138 valence electrons. The summed E-state index contributed by atoms with van der Waals surface area (Å²) in [4.78, 5) is 36.3. The lowest BCUT2D eigenvalue weighted by Gasteiger charge is -2.13. The zero-order chi connectivity index (χ0) is 19.3. The van der Waals surface area contributed by atoms with Crippen molar-refractivity contribution in [1.82, 2.24) is 10.2 Å². The monoisotopic (exact) mass is 424 g/mol. The van der Waals surface area contributed by atoms with Crippen LogP contribution in [0.15, 0.2) is 35.0 Å². The first-order valence-electron chi connectivity index (χ1n) is 7.43. The molecule has 1 heterocycles. The average molecular weight is 425 g/mol. The van der Waals surface area contributed by atoms with E-state index in [2.05, 4.69) is 32.6 Å². The molecule has 0 saturated carbocycles. The van der Waals surface area contributed by atoms with Gasteiger partial charge in [-0.05, 0) is 39.7 Å². The van der Waals surface area contributed by atoms with Gasteiger partial charge in [0, 0.05) is 6.54 Å². The van der Waals surface area contributed by atoms with Crippen LogP contribution in [0, 0.1) is 0 Å². The lowest BCUT2D eigenvalue weighted by molar-refractivity contribution is -0.143. The predicted octanol–water partition coefficient (Wildman–Crippen LogP) is 2.09. The Hall–Kier alpha value is -2.81. The van der Waals surface area contributed by atoms with Crippen molar-refractivity contribution >= 4 is 39.9 Å². The number of carbonyl (C=O) groups is 3. The predicted molar refractivity (Wildman–Crippen MR) is 96.6 cm³/mol. The van der Waals surface area contributed by atoms with Gasteiger partial charge in [-0.1, -0.05) is 6.08 Å². The van der Waals surface area contributed by atoms with Crippen LogP contribution < -0.4 is 14.8 Å². The van der Waals surface area contributed by atoms with Crippen molar-refractivity contribution in [2.45, 2.75) is 0 Å². The molecule has 1 saturated heterocycles. The molecule has 1 N–H and O–H groups in total. The Morgan fingerprint density at radius 1 is 1.35 bits per heavy atom. The molecule has 2 rings (SSSR count). The quantitative estimate of drug-likeness (QED) is 0.311. The van der Waals surface area contributed by atoms with Gasteiger partial charge in [0.1, 0.15) is 5.70 Å². The number of ether oxygens (including phenoxy) is 3. The number of hydrogen-bond donors (Lipinski definition) is 1. The number of halogens is 1. The maximum absolute atomic E-state index is 12.2. The molecule has 1 aliphatic heterocycles. The van der Waals surface area contributed by atoms with E-state index in [4.69, 9.17) is 9.47 Å². The van der Waals surface area contributed by atoms with E-state index < -0.39 is 17.9 Å². The van der Waals surface area contributed by atoms with Crippen LogP contribution in [-0.4, -0.2) is 50.2 Å². The van der Waals surface area contributed by atoms with Crippen LogP contribution in [-0.2, 0) is 14.3 Å². The highest BCUT2D eigenvalue weighted by atomic mass is 79.9. The van der Waals surface area contributed by atoms with Crippen molar-refractivity contribution in [3.8, 4) is 11.5 Å². The zero-order valence-corrected chi connectivity index (χ0v) is 15.8. The molecular weight excluding hydrogens is 408 g/mol. The third-order valence-electron chi connectivity index (χ3n) is 3.40. The normalized spacial score (nSPS) is 15.0. The first kappa shape index (κ1) is 19.5. The van der Waals surface area contributed by atoms with Crippen LogP contribution in [0.3, 0.4) is 0 Å². The fraction of sp³-hybridized carbons (Fsp3) is 0.235. The summed E-state index contributed by atoms with van der Waals surface area (Å²) < 4.78 is 15.7. The summed E-state index contributed by atoms with van der Waals surface area (Å²) >= 11 is 3.34. The second-order valence-corrected chi connectivity index (χ2v) is 5.95.